The molecular formula is C20H22ClN3OS2. The number of carbonyl (C=O) groups excluding carboxylic acids is 1. The molecule has 1 spiro atoms. The van der Waals surface area contributed by atoms with E-state index >= 15 is 0 Å². The number of benzene rings is 1. The van der Waals surface area contributed by atoms with E-state index in [1.165, 1.54) is 11.1 Å². The van der Waals surface area contributed by atoms with Gasteiger partial charge in [0.2, 0.25) is 0 Å². The van der Waals surface area contributed by atoms with Gasteiger partial charge in [-0.25, -0.2) is 4.98 Å². The molecule has 2 aliphatic heterocycles. The quantitative estimate of drug-likeness (QED) is 0.656. The predicted octanol–water partition coefficient (Wildman–Crippen LogP) is 4.66. The largest absolute Gasteiger partial charge is 0.338 e. The van der Waals surface area contributed by atoms with Gasteiger partial charge in [-0.15, -0.1) is 35.1 Å². The molecule has 1 N–H and O–H groups in total. The summed E-state index contributed by atoms with van der Waals surface area (Å²) in [4.78, 5) is 21.6. The lowest BCUT2D eigenvalue weighted by Crippen LogP contribution is -2.43. The van der Waals surface area contributed by atoms with Gasteiger partial charge >= 0.3 is 0 Å². The standard InChI is InChI=1S/C20H21N3OS2.ClH/c24-19(23-11-8-20(9-12-23)7-10-21-13-20)17-6-5-16(25-17)18-22-14-3-1-2-4-15(14)26-18;/h1-6,21H,7-13H2;1H. The highest BCUT2D eigenvalue weighted by molar-refractivity contribution is 7.26. The van der Waals surface area contributed by atoms with E-state index < -0.39 is 0 Å². The molecule has 3 aromatic rings. The van der Waals surface area contributed by atoms with Crippen molar-refractivity contribution in [2.75, 3.05) is 26.2 Å². The van der Waals surface area contributed by atoms with Crippen LogP contribution in [0.5, 0.6) is 0 Å². The Labute approximate surface area is 173 Å². The average Bonchev–Trinajstić information content (AvgIpc) is 3.41. The summed E-state index contributed by atoms with van der Waals surface area (Å²) < 4.78 is 1.19. The number of piperidine rings is 1. The molecule has 1 aromatic carbocycles. The molecule has 1 amide bonds. The summed E-state index contributed by atoms with van der Waals surface area (Å²) in [5.74, 6) is 0.183. The van der Waals surface area contributed by atoms with Crippen LogP contribution >= 0.6 is 35.1 Å². The van der Waals surface area contributed by atoms with Gasteiger partial charge in [-0.05, 0) is 55.5 Å². The summed E-state index contributed by atoms with van der Waals surface area (Å²) in [5.41, 5.74) is 1.47. The van der Waals surface area contributed by atoms with E-state index in [4.69, 9.17) is 4.98 Å². The number of para-hydroxylation sites is 1. The van der Waals surface area contributed by atoms with Gasteiger partial charge in [-0.3, -0.25) is 4.79 Å². The van der Waals surface area contributed by atoms with Gasteiger partial charge in [-0.1, -0.05) is 12.1 Å². The monoisotopic (exact) mass is 419 g/mol. The first-order valence-corrected chi connectivity index (χ1v) is 10.8. The normalized spacial score (nSPS) is 18.7. The highest BCUT2D eigenvalue weighted by Gasteiger charge is 2.38. The minimum absolute atomic E-state index is 0. The second-order valence-corrected chi connectivity index (χ2v) is 9.48. The van der Waals surface area contributed by atoms with E-state index in [-0.39, 0.29) is 18.3 Å². The molecule has 0 bridgehead atoms. The van der Waals surface area contributed by atoms with Gasteiger partial charge in [0.1, 0.15) is 5.01 Å². The molecule has 27 heavy (non-hydrogen) atoms. The Kier molecular flexibility index (Phi) is 5.25. The zero-order valence-electron chi connectivity index (χ0n) is 14.9. The lowest BCUT2D eigenvalue weighted by atomic mass is 9.78. The fraction of sp³-hybridized carbons (Fsp3) is 0.400. The Hall–Kier alpha value is -1.47. The fourth-order valence-corrected chi connectivity index (χ4v) is 6.10. The van der Waals surface area contributed by atoms with Crippen molar-refractivity contribution in [3.05, 3.63) is 41.3 Å². The van der Waals surface area contributed by atoms with Crippen molar-refractivity contribution in [1.82, 2.24) is 15.2 Å². The third-order valence-corrected chi connectivity index (χ3v) is 8.04. The smallest absolute Gasteiger partial charge is 0.263 e. The van der Waals surface area contributed by atoms with Crippen LogP contribution in [0.15, 0.2) is 36.4 Å². The molecule has 0 saturated carbocycles. The Morgan fingerprint density at radius 3 is 2.63 bits per heavy atom. The molecule has 0 radical (unpaired) electrons. The van der Waals surface area contributed by atoms with Crippen molar-refractivity contribution in [1.29, 1.82) is 0 Å². The summed E-state index contributed by atoms with van der Waals surface area (Å²) >= 11 is 3.26. The number of nitrogens with one attached hydrogen (secondary N) is 1. The first kappa shape index (κ1) is 18.9. The van der Waals surface area contributed by atoms with Crippen LogP contribution < -0.4 is 5.32 Å². The molecule has 5 rings (SSSR count). The molecule has 7 heteroatoms. The maximum Gasteiger partial charge on any atom is 0.263 e. The third kappa shape index (κ3) is 3.51. The highest BCUT2D eigenvalue weighted by atomic mass is 35.5. The van der Waals surface area contributed by atoms with Crippen LogP contribution in [0.4, 0.5) is 0 Å². The van der Waals surface area contributed by atoms with Crippen LogP contribution in [-0.4, -0.2) is 42.0 Å². The van der Waals surface area contributed by atoms with Crippen LogP contribution in [0.25, 0.3) is 20.1 Å². The number of aromatic nitrogens is 1. The number of likely N-dealkylation sites (tertiary alicyclic amines) is 1. The second-order valence-electron chi connectivity index (χ2n) is 7.37. The van der Waals surface area contributed by atoms with Gasteiger partial charge in [0.15, 0.2) is 0 Å². The van der Waals surface area contributed by atoms with Crippen molar-refractivity contribution in [3.8, 4) is 9.88 Å². The number of halogens is 1. The van der Waals surface area contributed by atoms with E-state index in [1.807, 2.05) is 35.2 Å². The van der Waals surface area contributed by atoms with Gasteiger partial charge in [0.05, 0.1) is 20.0 Å². The molecule has 2 fully saturated rings. The van der Waals surface area contributed by atoms with Crippen LogP contribution in [0.3, 0.4) is 0 Å². The fourth-order valence-electron chi connectivity index (χ4n) is 4.11. The minimum atomic E-state index is 0. The highest BCUT2D eigenvalue weighted by Crippen LogP contribution is 2.38. The Bertz CT molecular complexity index is 918. The topological polar surface area (TPSA) is 45.2 Å². The molecular weight excluding hydrogens is 398 g/mol. The lowest BCUT2D eigenvalue weighted by Gasteiger charge is -2.38. The van der Waals surface area contributed by atoms with E-state index in [9.17, 15) is 4.79 Å². The van der Waals surface area contributed by atoms with Crippen molar-refractivity contribution in [3.63, 3.8) is 0 Å². The second kappa shape index (κ2) is 7.51. The Morgan fingerprint density at radius 1 is 1.07 bits per heavy atom. The number of rotatable bonds is 2. The molecule has 0 aliphatic carbocycles. The predicted molar refractivity (Wildman–Crippen MR) is 115 cm³/mol. The first-order valence-electron chi connectivity index (χ1n) is 9.18. The number of nitrogens with zero attached hydrogens (tertiary/aromatic N) is 2. The molecule has 0 unspecified atom stereocenters. The number of amides is 1. The SMILES string of the molecule is Cl.O=C(c1ccc(-c2nc3ccccc3s2)s1)N1CCC2(CCNC2)CC1. The molecule has 2 aliphatic rings. The molecule has 142 valence electrons. The number of thiazole rings is 1. The molecule has 2 saturated heterocycles. The first-order chi connectivity index (χ1) is 12.7. The van der Waals surface area contributed by atoms with E-state index in [0.29, 0.717) is 5.41 Å². The summed E-state index contributed by atoms with van der Waals surface area (Å²) in [6, 6.07) is 12.2. The van der Waals surface area contributed by atoms with Crippen molar-refractivity contribution < 1.29 is 4.79 Å². The van der Waals surface area contributed by atoms with Crippen LogP contribution in [0, 0.1) is 5.41 Å². The van der Waals surface area contributed by atoms with Crippen LogP contribution in [-0.2, 0) is 0 Å². The number of thiophene rings is 1. The van der Waals surface area contributed by atoms with Crippen molar-refractivity contribution in [2.45, 2.75) is 19.3 Å². The van der Waals surface area contributed by atoms with Gasteiger partial charge < -0.3 is 10.2 Å². The van der Waals surface area contributed by atoms with E-state index in [2.05, 4.69) is 11.4 Å². The summed E-state index contributed by atoms with van der Waals surface area (Å²) in [5, 5.41) is 4.49. The number of fused-ring (bicyclic) bond motifs is 1. The molecule has 0 atom stereocenters. The Balaban J connectivity index is 0.00000180. The Morgan fingerprint density at radius 2 is 1.89 bits per heavy atom. The summed E-state index contributed by atoms with van der Waals surface area (Å²) in [6.45, 7) is 4.02. The number of hydrogen-bond donors (Lipinski definition) is 1. The third-order valence-electron chi connectivity index (χ3n) is 5.76. The zero-order chi connectivity index (χ0) is 17.6. The van der Waals surface area contributed by atoms with Crippen molar-refractivity contribution in [2.24, 2.45) is 5.41 Å². The average molecular weight is 420 g/mol. The number of carbonyl (C=O) groups is 1. The van der Waals surface area contributed by atoms with Gasteiger partial charge in [-0.2, -0.15) is 0 Å². The zero-order valence-corrected chi connectivity index (χ0v) is 17.4. The van der Waals surface area contributed by atoms with Gasteiger partial charge in [0.25, 0.3) is 5.91 Å². The molecule has 4 nitrogen and oxygen atoms in total. The summed E-state index contributed by atoms with van der Waals surface area (Å²) in [6.07, 6.45) is 3.51. The maximum atomic E-state index is 12.9. The number of hydrogen-bond acceptors (Lipinski definition) is 5. The lowest BCUT2D eigenvalue weighted by molar-refractivity contribution is 0.0612. The van der Waals surface area contributed by atoms with Crippen LogP contribution in [0.1, 0.15) is 28.9 Å². The van der Waals surface area contributed by atoms with E-state index in [1.54, 1.807) is 22.7 Å². The maximum absolute atomic E-state index is 12.9. The van der Waals surface area contributed by atoms with E-state index in [0.717, 1.165) is 59.3 Å². The van der Waals surface area contributed by atoms with Crippen LogP contribution in [0.2, 0.25) is 0 Å². The van der Waals surface area contributed by atoms with Gasteiger partial charge in [0, 0.05) is 19.6 Å². The molecule has 2 aromatic heterocycles. The summed E-state index contributed by atoms with van der Waals surface area (Å²) in [7, 11) is 0. The molecule has 4 heterocycles. The minimum Gasteiger partial charge on any atom is -0.338 e. The van der Waals surface area contributed by atoms with Crippen molar-refractivity contribution >= 4 is 51.2 Å².